The van der Waals surface area contributed by atoms with Crippen LogP contribution in [0.5, 0.6) is 0 Å². The summed E-state index contributed by atoms with van der Waals surface area (Å²) >= 11 is 2.03. The quantitative estimate of drug-likeness (QED) is 0.643. The zero-order valence-electron chi connectivity index (χ0n) is 8.46. The van der Waals surface area contributed by atoms with Crippen LogP contribution in [0.3, 0.4) is 0 Å². The Hall–Kier alpha value is -0.160. The van der Waals surface area contributed by atoms with Crippen LogP contribution in [0.25, 0.3) is 0 Å². The summed E-state index contributed by atoms with van der Waals surface area (Å²) < 4.78 is 0. The predicted octanol–water partition coefficient (Wildman–Crippen LogP) is 3.60. The van der Waals surface area contributed by atoms with Crippen molar-refractivity contribution >= 4 is 11.8 Å². The first-order chi connectivity index (χ1) is 6.38. The average Bonchev–Trinajstić information content (AvgIpc) is 2.19. The second-order valence-corrected chi connectivity index (χ2v) is 5.13. The van der Waals surface area contributed by atoms with Gasteiger partial charge < -0.3 is 0 Å². The molecule has 1 aliphatic rings. The van der Waals surface area contributed by atoms with Gasteiger partial charge in [-0.15, -0.1) is 0 Å². The van der Waals surface area contributed by atoms with E-state index in [1.54, 1.807) is 0 Å². The van der Waals surface area contributed by atoms with Gasteiger partial charge >= 0.3 is 0 Å². The molecule has 74 valence electrons. The molecule has 1 nitrogen and oxygen atoms in total. The minimum absolute atomic E-state index is 0.343. The maximum absolute atomic E-state index is 8.95. The topological polar surface area (TPSA) is 23.8 Å². The van der Waals surface area contributed by atoms with Crippen molar-refractivity contribution in [1.29, 1.82) is 5.26 Å². The van der Waals surface area contributed by atoms with Crippen molar-refractivity contribution in [2.45, 2.75) is 50.7 Å². The van der Waals surface area contributed by atoms with Gasteiger partial charge in [-0.2, -0.15) is 17.0 Å². The lowest BCUT2D eigenvalue weighted by Crippen LogP contribution is -2.20. The van der Waals surface area contributed by atoms with Crippen LogP contribution in [-0.2, 0) is 0 Å². The van der Waals surface area contributed by atoms with Crippen LogP contribution in [0.2, 0.25) is 0 Å². The number of nitrogens with zero attached hydrogens (tertiary/aromatic N) is 1. The molecule has 2 atom stereocenters. The highest BCUT2D eigenvalue weighted by molar-refractivity contribution is 7.99. The molecule has 13 heavy (non-hydrogen) atoms. The minimum atomic E-state index is 0.343. The van der Waals surface area contributed by atoms with Crippen molar-refractivity contribution in [3.8, 4) is 6.07 Å². The second kappa shape index (κ2) is 6.32. The van der Waals surface area contributed by atoms with E-state index in [0.717, 1.165) is 6.42 Å². The highest BCUT2D eigenvalue weighted by Gasteiger charge is 2.24. The molecule has 0 aromatic carbocycles. The van der Waals surface area contributed by atoms with Crippen LogP contribution < -0.4 is 0 Å². The van der Waals surface area contributed by atoms with Crippen LogP contribution in [0, 0.1) is 17.2 Å². The Morgan fingerprint density at radius 2 is 2.15 bits per heavy atom. The number of hydrogen-bond acceptors (Lipinski definition) is 2. The molecule has 0 bridgehead atoms. The molecule has 2 heteroatoms. The molecule has 1 aliphatic carbocycles. The van der Waals surface area contributed by atoms with Gasteiger partial charge in [0.05, 0.1) is 12.0 Å². The number of hydrogen-bond donors (Lipinski definition) is 0. The fourth-order valence-corrected chi connectivity index (χ4v) is 3.34. The molecular formula is C11H19NS. The largest absolute Gasteiger partial charge is 0.198 e. The summed E-state index contributed by atoms with van der Waals surface area (Å²) in [5.41, 5.74) is 0. The predicted molar refractivity (Wildman–Crippen MR) is 58.7 cm³/mol. The molecule has 1 rings (SSSR count). The summed E-state index contributed by atoms with van der Waals surface area (Å²) in [6, 6.07) is 2.46. The zero-order chi connectivity index (χ0) is 9.52. The zero-order valence-corrected chi connectivity index (χ0v) is 9.28. The van der Waals surface area contributed by atoms with E-state index in [9.17, 15) is 0 Å². The van der Waals surface area contributed by atoms with E-state index >= 15 is 0 Å². The van der Waals surface area contributed by atoms with Gasteiger partial charge in [0.15, 0.2) is 0 Å². The molecule has 0 saturated heterocycles. The Kier molecular flexibility index (Phi) is 5.31. The number of unbranched alkanes of at least 4 members (excludes halogenated alkanes) is 1. The smallest absolute Gasteiger partial charge is 0.0667 e. The summed E-state index contributed by atoms with van der Waals surface area (Å²) in [7, 11) is 0. The van der Waals surface area contributed by atoms with Crippen molar-refractivity contribution < 1.29 is 0 Å². The maximum atomic E-state index is 8.95. The number of rotatable bonds is 4. The number of thioether (sulfide) groups is 1. The third-order valence-corrected chi connectivity index (χ3v) is 4.21. The summed E-state index contributed by atoms with van der Waals surface area (Å²) in [6.45, 7) is 2.23. The maximum Gasteiger partial charge on any atom is 0.0667 e. The van der Waals surface area contributed by atoms with Gasteiger partial charge in [-0.25, -0.2) is 0 Å². The number of nitriles is 1. The standard InChI is InChI=1S/C11H19NS/c1-2-3-8-13-11-7-5-4-6-10(11)9-12/h10-11H,2-8H2,1H3. The third kappa shape index (κ3) is 3.60. The Morgan fingerprint density at radius 3 is 2.85 bits per heavy atom. The van der Waals surface area contributed by atoms with E-state index in [2.05, 4.69) is 13.0 Å². The molecule has 0 N–H and O–H groups in total. The first-order valence-electron chi connectivity index (χ1n) is 5.39. The molecule has 2 unspecified atom stereocenters. The molecule has 0 aromatic rings. The molecule has 0 radical (unpaired) electrons. The lowest BCUT2D eigenvalue weighted by Gasteiger charge is -2.25. The van der Waals surface area contributed by atoms with Gasteiger partial charge in [0.2, 0.25) is 0 Å². The molecule has 0 aromatic heterocycles. The third-order valence-electron chi connectivity index (χ3n) is 2.70. The van der Waals surface area contributed by atoms with Crippen LogP contribution in [0.1, 0.15) is 45.4 Å². The molecule has 1 saturated carbocycles. The summed E-state index contributed by atoms with van der Waals surface area (Å²) in [4.78, 5) is 0. The Bertz CT molecular complexity index is 173. The fraction of sp³-hybridized carbons (Fsp3) is 0.909. The summed E-state index contributed by atoms with van der Waals surface area (Å²) in [6.07, 6.45) is 7.59. The van der Waals surface area contributed by atoms with E-state index < -0.39 is 0 Å². The SMILES string of the molecule is CCCCSC1CCCCC1C#N. The van der Waals surface area contributed by atoms with E-state index in [0.29, 0.717) is 11.2 Å². The first-order valence-corrected chi connectivity index (χ1v) is 6.44. The van der Waals surface area contributed by atoms with Crippen LogP contribution >= 0.6 is 11.8 Å². The van der Waals surface area contributed by atoms with E-state index in [4.69, 9.17) is 5.26 Å². The minimum Gasteiger partial charge on any atom is -0.198 e. The van der Waals surface area contributed by atoms with Gasteiger partial charge in [0.25, 0.3) is 0 Å². The van der Waals surface area contributed by atoms with E-state index in [-0.39, 0.29) is 0 Å². The van der Waals surface area contributed by atoms with Crippen molar-refractivity contribution in [2.24, 2.45) is 5.92 Å². The molecule has 0 aliphatic heterocycles. The summed E-state index contributed by atoms with van der Waals surface area (Å²) in [5.74, 6) is 1.59. The Balaban J connectivity index is 2.24. The highest BCUT2D eigenvalue weighted by Crippen LogP contribution is 2.33. The van der Waals surface area contributed by atoms with Crippen molar-refractivity contribution in [1.82, 2.24) is 0 Å². The van der Waals surface area contributed by atoms with Gasteiger partial charge in [-0.3, -0.25) is 0 Å². The second-order valence-electron chi connectivity index (χ2n) is 3.78. The normalized spacial score (nSPS) is 28.3. The van der Waals surface area contributed by atoms with Crippen molar-refractivity contribution in [2.75, 3.05) is 5.75 Å². The molecule has 0 amide bonds. The Morgan fingerprint density at radius 1 is 1.38 bits per heavy atom. The van der Waals surface area contributed by atoms with Gasteiger partial charge in [-0.1, -0.05) is 26.2 Å². The van der Waals surface area contributed by atoms with Gasteiger partial charge in [0.1, 0.15) is 0 Å². The van der Waals surface area contributed by atoms with E-state index in [1.165, 1.54) is 37.9 Å². The van der Waals surface area contributed by atoms with Crippen LogP contribution in [0.4, 0.5) is 0 Å². The molecular weight excluding hydrogens is 178 g/mol. The Labute approximate surface area is 85.9 Å². The highest BCUT2D eigenvalue weighted by atomic mass is 32.2. The van der Waals surface area contributed by atoms with E-state index in [1.807, 2.05) is 11.8 Å². The molecule has 1 fully saturated rings. The van der Waals surface area contributed by atoms with Crippen molar-refractivity contribution in [3.63, 3.8) is 0 Å². The van der Waals surface area contributed by atoms with Gasteiger partial charge in [0, 0.05) is 5.25 Å². The molecule has 0 spiro atoms. The lowest BCUT2D eigenvalue weighted by molar-refractivity contribution is 0.439. The fourth-order valence-electron chi connectivity index (χ4n) is 1.82. The molecule has 0 heterocycles. The summed E-state index contributed by atoms with van der Waals surface area (Å²) in [5, 5.41) is 9.60. The van der Waals surface area contributed by atoms with Crippen LogP contribution in [-0.4, -0.2) is 11.0 Å². The van der Waals surface area contributed by atoms with Crippen LogP contribution in [0.15, 0.2) is 0 Å². The average molecular weight is 197 g/mol. The van der Waals surface area contributed by atoms with Gasteiger partial charge in [-0.05, 0) is 25.0 Å². The monoisotopic (exact) mass is 197 g/mol. The lowest BCUT2D eigenvalue weighted by atomic mass is 9.90. The van der Waals surface area contributed by atoms with Crippen molar-refractivity contribution in [3.05, 3.63) is 0 Å². The first kappa shape index (κ1) is 10.9.